The molecule has 1 aliphatic heterocycles. The Morgan fingerprint density at radius 3 is 2.09 bits per heavy atom. The molecule has 1 aromatic carbocycles. The van der Waals surface area contributed by atoms with Crippen LogP contribution in [-0.4, -0.2) is 78.3 Å². The van der Waals surface area contributed by atoms with Crippen LogP contribution in [0.1, 0.15) is 72.3 Å². The van der Waals surface area contributed by atoms with E-state index < -0.39 is 30.3 Å². The van der Waals surface area contributed by atoms with Crippen LogP contribution < -0.4 is 21.3 Å². The fraction of sp³-hybridized carbons (Fsp3) is 0.594. The minimum atomic E-state index is -0.955. The standard InChI is InChI=1S/C32H47N5O7/c1-21(2)25(38)18-35-30(43)24(16-22-12-8-6-9-13-22)36-28(41)20-34-27(40)19-33-26(39)14-10-7-11-15-37-29(42)17-23(31(37)44)32(3,4)5/h6,8-9,12-13,21,23-24H,7,10-11,14-20H2,1-5H3,(H,33,39)(H,34,40)(H,35,43)(H,36,41)/t23?,24-/m0/s1. The first-order valence-corrected chi connectivity index (χ1v) is 15.2. The number of ketones is 1. The van der Waals surface area contributed by atoms with E-state index in [0.29, 0.717) is 25.8 Å². The summed E-state index contributed by atoms with van der Waals surface area (Å²) in [7, 11) is 0. The van der Waals surface area contributed by atoms with Crippen LogP contribution in [0.15, 0.2) is 30.3 Å². The molecule has 2 atom stereocenters. The number of nitrogens with one attached hydrogen (secondary N) is 4. The normalized spacial score (nSPS) is 15.6. The first kappa shape index (κ1) is 36.1. The molecule has 0 aromatic heterocycles. The molecule has 0 spiro atoms. The number of carbonyl (C=O) groups excluding carboxylic acids is 7. The van der Waals surface area contributed by atoms with Gasteiger partial charge in [0.1, 0.15) is 6.04 Å². The van der Waals surface area contributed by atoms with Crippen LogP contribution in [-0.2, 0) is 40.0 Å². The number of unbranched alkanes of at least 4 members (excludes halogenated alkanes) is 2. The summed E-state index contributed by atoms with van der Waals surface area (Å²) in [6, 6.07) is 8.12. The van der Waals surface area contributed by atoms with Crippen molar-refractivity contribution in [2.75, 3.05) is 26.2 Å². The van der Waals surface area contributed by atoms with Gasteiger partial charge in [0.2, 0.25) is 35.4 Å². The third-order valence-electron chi connectivity index (χ3n) is 7.48. The van der Waals surface area contributed by atoms with Gasteiger partial charge in [0, 0.05) is 31.7 Å². The van der Waals surface area contributed by atoms with Crippen molar-refractivity contribution in [3.63, 3.8) is 0 Å². The number of Topliss-reactive ketones (excluding diaryl/α,β-unsaturated/α-hetero) is 1. The summed E-state index contributed by atoms with van der Waals surface area (Å²) in [4.78, 5) is 87.7. The Bertz CT molecular complexity index is 1190. The molecule has 1 fully saturated rings. The number of hydrogen-bond acceptors (Lipinski definition) is 7. The lowest BCUT2D eigenvalue weighted by Gasteiger charge is -2.24. The van der Waals surface area contributed by atoms with Crippen molar-refractivity contribution in [3.8, 4) is 0 Å². The number of benzene rings is 1. The smallest absolute Gasteiger partial charge is 0.243 e. The number of imide groups is 1. The van der Waals surface area contributed by atoms with Crippen LogP contribution in [0.5, 0.6) is 0 Å². The average Bonchev–Trinajstić information content (AvgIpc) is 3.26. The highest BCUT2D eigenvalue weighted by atomic mass is 16.2. The molecular weight excluding hydrogens is 566 g/mol. The molecule has 44 heavy (non-hydrogen) atoms. The predicted molar refractivity (Wildman–Crippen MR) is 164 cm³/mol. The largest absolute Gasteiger partial charge is 0.347 e. The predicted octanol–water partition coefficient (Wildman–Crippen LogP) is 1.27. The number of rotatable bonds is 17. The summed E-state index contributed by atoms with van der Waals surface area (Å²) in [5, 5.41) is 10.1. The Balaban J connectivity index is 1.69. The number of likely N-dealkylation sites (tertiary alicyclic amines) is 1. The van der Waals surface area contributed by atoms with Gasteiger partial charge in [-0.1, -0.05) is 71.4 Å². The molecule has 6 amide bonds. The summed E-state index contributed by atoms with van der Waals surface area (Å²) in [5.41, 5.74) is 0.536. The maximum absolute atomic E-state index is 12.8. The van der Waals surface area contributed by atoms with E-state index >= 15 is 0 Å². The van der Waals surface area contributed by atoms with Crippen LogP contribution in [0, 0.1) is 17.3 Å². The minimum absolute atomic E-state index is 0.131. The molecule has 4 N–H and O–H groups in total. The average molecular weight is 614 g/mol. The third-order valence-corrected chi connectivity index (χ3v) is 7.48. The Morgan fingerprint density at radius 1 is 0.841 bits per heavy atom. The van der Waals surface area contributed by atoms with Gasteiger partial charge < -0.3 is 21.3 Å². The lowest BCUT2D eigenvalue weighted by molar-refractivity contribution is -0.140. The highest BCUT2D eigenvalue weighted by molar-refractivity contribution is 6.03. The van der Waals surface area contributed by atoms with Crippen molar-refractivity contribution in [1.82, 2.24) is 26.2 Å². The quantitative estimate of drug-likeness (QED) is 0.151. The van der Waals surface area contributed by atoms with Gasteiger partial charge in [-0.2, -0.15) is 0 Å². The van der Waals surface area contributed by atoms with Crippen LogP contribution in [0.4, 0.5) is 0 Å². The molecule has 1 heterocycles. The summed E-state index contributed by atoms with van der Waals surface area (Å²) < 4.78 is 0. The van der Waals surface area contributed by atoms with Crippen molar-refractivity contribution in [1.29, 1.82) is 0 Å². The van der Waals surface area contributed by atoms with E-state index in [-0.39, 0.29) is 73.1 Å². The van der Waals surface area contributed by atoms with Gasteiger partial charge in [-0.15, -0.1) is 0 Å². The van der Waals surface area contributed by atoms with Crippen molar-refractivity contribution in [3.05, 3.63) is 35.9 Å². The molecule has 1 saturated heterocycles. The Morgan fingerprint density at radius 2 is 1.48 bits per heavy atom. The molecule has 0 aliphatic carbocycles. The highest BCUT2D eigenvalue weighted by Gasteiger charge is 2.44. The lowest BCUT2D eigenvalue weighted by Crippen LogP contribution is -2.52. The second-order valence-electron chi connectivity index (χ2n) is 12.5. The number of nitrogens with zero attached hydrogens (tertiary/aromatic N) is 1. The van der Waals surface area contributed by atoms with Gasteiger partial charge in [0.15, 0.2) is 5.78 Å². The van der Waals surface area contributed by atoms with Crippen molar-refractivity contribution in [2.45, 2.75) is 79.2 Å². The SMILES string of the molecule is CC(C)C(=O)CNC(=O)[C@H](Cc1ccccc1)NC(=O)CNC(=O)CNC(=O)CCCCCN1C(=O)CC(C(C)(C)C)C1=O. The molecule has 0 saturated carbocycles. The second-order valence-corrected chi connectivity index (χ2v) is 12.5. The van der Waals surface area contributed by atoms with Gasteiger partial charge in [-0.05, 0) is 23.8 Å². The fourth-order valence-electron chi connectivity index (χ4n) is 4.64. The number of amides is 6. The van der Waals surface area contributed by atoms with E-state index in [9.17, 15) is 33.6 Å². The maximum atomic E-state index is 12.8. The van der Waals surface area contributed by atoms with Gasteiger partial charge in [-0.3, -0.25) is 38.5 Å². The zero-order chi connectivity index (χ0) is 32.9. The summed E-state index contributed by atoms with van der Waals surface area (Å²) in [5.74, 6) is -2.98. The molecule has 1 aliphatic rings. The fourth-order valence-corrected chi connectivity index (χ4v) is 4.64. The molecule has 12 nitrogen and oxygen atoms in total. The van der Waals surface area contributed by atoms with Crippen molar-refractivity contribution in [2.24, 2.45) is 17.3 Å². The monoisotopic (exact) mass is 613 g/mol. The Labute approximate surface area is 259 Å². The molecule has 12 heteroatoms. The molecule has 0 bridgehead atoms. The van der Waals surface area contributed by atoms with Crippen LogP contribution in [0.3, 0.4) is 0 Å². The summed E-state index contributed by atoms with van der Waals surface area (Å²) in [6.07, 6.45) is 2.37. The maximum Gasteiger partial charge on any atom is 0.243 e. The zero-order valence-electron chi connectivity index (χ0n) is 26.5. The van der Waals surface area contributed by atoms with Crippen molar-refractivity contribution < 1.29 is 33.6 Å². The molecule has 0 radical (unpaired) electrons. The van der Waals surface area contributed by atoms with Gasteiger partial charge >= 0.3 is 0 Å². The zero-order valence-corrected chi connectivity index (χ0v) is 26.5. The number of hydrogen-bond donors (Lipinski definition) is 4. The Hall–Kier alpha value is -4.09. The van der Waals surface area contributed by atoms with Gasteiger partial charge in [0.05, 0.1) is 25.6 Å². The molecule has 2 rings (SSSR count). The number of carbonyl (C=O) groups is 7. The van der Waals surface area contributed by atoms with Gasteiger partial charge in [-0.25, -0.2) is 0 Å². The minimum Gasteiger partial charge on any atom is -0.347 e. The van der Waals surface area contributed by atoms with E-state index in [1.54, 1.807) is 13.8 Å². The van der Waals surface area contributed by atoms with E-state index in [4.69, 9.17) is 0 Å². The highest BCUT2D eigenvalue weighted by Crippen LogP contribution is 2.35. The first-order valence-electron chi connectivity index (χ1n) is 15.2. The van der Waals surface area contributed by atoms with Crippen LogP contribution in [0.2, 0.25) is 0 Å². The first-order chi connectivity index (χ1) is 20.7. The van der Waals surface area contributed by atoms with Gasteiger partial charge in [0.25, 0.3) is 0 Å². The molecule has 1 unspecified atom stereocenters. The molecule has 1 aromatic rings. The summed E-state index contributed by atoms with van der Waals surface area (Å²) in [6.45, 7) is 8.77. The second kappa shape index (κ2) is 17.3. The topological polar surface area (TPSA) is 171 Å². The molecule has 242 valence electrons. The van der Waals surface area contributed by atoms with Crippen LogP contribution in [0.25, 0.3) is 0 Å². The van der Waals surface area contributed by atoms with E-state index in [1.807, 2.05) is 51.1 Å². The van der Waals surface area contributed by atoms with Crippen LogP contribution >= 0.6 is 0 Å². The Kier molecular flexibility index (Phi) is 14.2. The lowest BCUT2D eigenvalue weighted by atomic mass is 9.80. The van der Waals surface area contributed by atoms with E-state index in [1.165, 1.54) is 4.90 Å². The molecular formula is C32H47N5O7. The van der Waals surface area contributed by atoms with E-state index in [2.05, 4.69) is 21.3 Å². The summed E-state index contributed by atoms with van der Waals surface area (Å²) >= 11 is 0. The van der Waals surface area contributed by atoms with E-state index in [0.717, 1.165) is 5.56 Å². The third kappa shape index (κ3) is 12.3. The van der Waals surface area contributed by atoms with Crippen molar-refractivity contribution >= 4 is 41.2 Å².